The number of nitrogens with zero attached hydrogens (tertiary/aromatic N) is 3. The summed E-state index contributed by atoms with van der Waals surface area (Å²) in [5.41, 5.74) is 3.74. The van der Waals surface area contributed by atoms with Crippen LogP contribution in [-0.4, -0.2) is 15.1 Å². The van der Waals surface area contributed by atoms with E-state index in [1.54, 1.807) is 12.3 Å². The molecule has 32 heavy (non-hydrogen) atoms. The Kier molecular flexibility index (Phi) is 5.12. The van der Waals surface area contributed by atoms with Crippen LogP contribution in [0.5, 0.6) is 17.2 Å². The molecule has 0 aliphatic carbocycles. The number of rotatable bonds is 2. The fourth-order valence-corrected chi connectivity index (χ4v) is 3.84. The standard InChI is InChI=1S/C26H16N3O2.Pt/c30-22-8-5-6-17-11-13-19(28-26(17)22)18-12-14-24-21(16-18)29(25-10-3-4-15-27-25)20-7-1-2-9-23(20)31-24;/h1-15,30H;/q-1;. The van der Waals surface area contributed by atoms with Crippen molar-refractivity contribution < 1.29 is 30.9 Å². The first-order valence-corrected chi connectivity index (χ1v) is 9.91. The minimum atomic E-state index is 0. The minimum absolute atomic E-state index is 0. The van der Waals surface area contributed by atoms with Gasteiger partial charge in [-0.25, -0.2) is 4.98 Å². The molecule has 0 unspecified atom stereocenters. The second kappa shape index (κ2) is 8.10. The van der Waals surface area contributed by atoms with Crippen LogP contribution in [0.1, 0.15) is 0 Å². The summed E-state index contributed by atoms with van der Waals surface area (Å²) >= 11 is 0. The van der Waals surface area contributed by atoms with Gasteiger partial charge in [-0.15, -0.1) is 23.8 Å². The fraction of sp³-hybridized carbons (Fsp3) is 0. The second-order valence-corrected chi connectivity index (χ2v) is 7.22. The van der Waals surface area contributed by atoms with E-state index in [9.17, 15) is 5.11 Å². The number of benzene rings is 3. The van der Waals surface area contributed by atoms with Crippen molar-refractivity contribution in [2.75, 3.05) is 4.90 Å². The summed E-state index contributed by atoms with van der Waals surface area (Å²) in [5.74, 6) is 2.38. The molecule has 0 saturated heterocycles. The summed E-state index contributed by atoms with van der Waals surface area (Å²) in [6.07, 6.45) is 1.77. The normalized spacial score (nSPS) is 11.8. The topological polar surface area (TPSA) is 58.5 Å². The van der Waals surface area contributed by atoms with E-state index >= 15 is 0 Å². The van der Waals surface area contributed by atoms with Gasteiger partial charge in [-0.1, -0.05) is 42.5 Å². The Labute approximate surface area is 199 Å². The van der Waals surface area contributed by atoms with Crippen LogP contribution in [0, 0.1) is 6.07 Å². The van der Waals surface area contributed by atoms with Crippen molar-refractivity contribution in [2.24, 2.45) is 0 Å². The molecule has 6 rings (SSSR count). The molecule has 3 heterocycles. The SMILES string of the molecule is Oc1cccc2ccc(-c3[c-]c4c(cc3)Oc3ccccc3N4c3ccccn3)nc12.[Pt]. The van der Waals surface area contributed by atoms with Crippen molar-refractivity contribution in [3.05, 3.63) is 97.2 Å². The zero-order chi connectivity index (χ0) is 20.8. The van der Waals surface area contributed by atoms with Gasteiger partial charge in [0.25, 0.3) is 0 Å². The van der Waals surface area contributed by atoms with Gasteiger partial charge < -0.3 is 14.7 Å². The maximum Gasteiger partial charge on any atom is 0.140 e. The molecule has 0 spiro atoms. The van der Waals surface area contributed by atoms with Crippen molar-refractivity contribution in [3.63, 3.8) is 0 Å². The molecule has 1 aliphatic heterocycles. The van der Waals surface area contributed by atoms with Gasteiger partial charge in [-0.2, -0.15) is 0 Å². The van der Waals surface area contributed by atoms with E-state index in [1.807, 2.05) is 83.8 Å². The molecule has 0 fully saturated rings. The Hall–Kier alpha value is -3.69. The monoisotopic (exact) mass is 597 g/mol. The molecular formula is C26H16N3O2Pt-. The largest absolute Gasteiger partial charge is 0.506 e. The molecule has 0 radical (unpaired) electrons. The molecule has 0 bridgehead atoms. The Bertz CT molecular complexity index is 1440. The molecule has 1 aliphatic rings. The van der Waals surface area contributed by atoms with Gasteiger partial charge in [0.2, 0.25) is 0 Å². The van der Waals surface area contributed by atoms with Gasteiger partial charge in [-0.05, 0) is 36.0 Å². The molecular weight excluding hydrogens is 581 g/mol. The number of hydrogen-bond donors (Lipinski definition) is 1. The summed E-state index contributed by atoms with van der Waals surface area (Å²) in [7, 11) is 0. The van der Waals surface area contributed by atoms with Crippen LogP contribution >= 0.6 is 0 Å². The smallest absolute Gasteiger partial charge is 0.140 e. The maximum absolute atomic E-state index is 10.2. The number of phenols is 1. The number of para-hydroxylation sites is 3. The number of hydrogen-bond acceptors (Lipinski definition) is 5. The van der Waals surface area contributed by atoms with Gasteiger partial charge in [0.15, 0.2) is 0 Å². The molecule has 2 aromatic heterocycles. The summed E-state index contributed by atoms with van der Waals surface area (Å²) in [6, 6.07) is 30.2. The van der Waals surface area contributed by atoms with Crippen LogP contribution < -0.4 is 9.64 Å². The van der Waals surface area contributed by atoms with Gasteiger partial charge in [-0.3, -0.25) is 4.98 Å². The number of fused-ring (bicyclic) bond motifs is 3. The quantitative estimate of drug-likeness (QED) is 0.235. The number of anilines is 3. The van der Waals surface area contributed by atoms with Crippen LogP contribution in [0.3, 0.4) is 0 Å². The van der Waals surface area contributed by atoms with Crippen LogP contribution in [-0.2, 0) is 21.1 Å². The maximum atomic E-state index is 10.2. The molecule has 0 amide bonds. The zero-order valence-corrected chi connectivity index (χ0v) is 18.9. The summed E-state index contributed by atoms with van der Waals surface area (Å²) < 4.78 is 6.15. The van der Waals surface area contributed by atoms with E-state index in [4.69, 9.17) is 4.74 Å². The Morgan fingerprint density at radius 1 is 0.812 bits per heavy atom. The Balaban J connectivity index is 0.00000216. The number of aromatic hydroxyl groups is 1. The average molecular weight is 598 g/mol. The number of pyridine rings is 2. The molecule has 1 N–H and O–H groups in total. The van der Waals surface area contributed by atoms with Gasteiger partial charge in [0.05, 0.1) is 11.4 Å². The third-order valence-corrected chi connectivity index (χ3v) is 5.29. The molecule has 3 aromatic carbocycles. The third kappa shape index (κ3) is 3.31. The van der Waals surface area contributed by atoms with E-state index < -0.39 is 0 Å². The van der Waals surface area contributed by atoms with Crippen LogP contribution in [0.4, 0.5) is 17.2 Å². The minimum Gasteiger partial charge on any atom is -0.506 e. The number of phenolic OH excluding ortho intramolecular Hbond substituents is 1. The van der Waals surface area contributed by atoms with Crippen LogP contribution in [0.25, 0.3) is 22.2 Å². The van der Waals surface area contributed by atoms with E-state index in [0.717, 1.165) is 39.6 Å². The number of aromatic nitrogens is 2. The van der Waals surface area contributed by atoms with Crippen molar-refractivity contribution in [2.45, 2.75) is 0 Å². The Morgan fingerprint density at radius 2 is 1.69 bits per heavy atom. The van der Waals surface area contributed by atoms with Crippen molar-refractivity contribution in [1.29, 1.82) is 0 Å². The van der Waals surface area contributed by atoms with Crippen molar-refractivity contribution in [3.8, 4) is 28.5 Å². The first kappa shape index (κ1) is 20.2. The van der Waals surface area contributed by atoms with Crippen LogP contribution in [0.2, 0.25) is 0 Å². The molecule has 5 nitrogen and oxygen atoms in total. The fourth-order valence-electron chi connectivity index (χ4n) is 3.84. The van der Waals surface area contributed by atoms with Crippen LogP contribution in [0.15, 0.2) is 91.1 Å². The molecule has 6 heteroatoms. The second-order valence-electron chi connectivity index (χ2n) is 7.22. The first-order valence-electron chi connectivity index (χ1n) is 9.91. The summed E-state index contributed by atoms with van der Waals surface area (Å²) in [4.78, 5) is 11.3. The molecule has 5 aromatic rings. The summed E-state index contributed by atoms with van der Waals surface area (Å²) in [5, 5.41) is 11.1. The van der Waals surface area contributed by atoms with Crippen molar-refractivity contribution >= 4 is 28.1 Å². The van der Waals surface area contributed by atoms with E-state index in [-0.39, 0.29) is 26.8 Å². The van der Waals surface area contributed by atoms with Gasteiger partial charge in [0.1, 0.15) is 22.8 Å². The predicted octanol–water partition coefficient (Wildman–Crippen LogP) is 6.38. The predicted molar refractivity (Wildman–Crippen MR) is 120 cm³/mol. The van der Waals surface area contributed by atoms with Crippen molar-refractivity contribution in [1.82, 2.24) is 9.97 Å². The zero-order valence-electron chi connectivity index (χ0n) is 16.7. The Morgan fingerprint density at radius 3 is 2.56 bits per heavy atom. The first-order chi connectivity index (χ1) is 15.3. The molecule has 0 saturated carbocycles. The average Bonchev–Trinajstić information content (AvgIpc) is 2.83. The van der Waals surface area contributed by atoms with E-state index in [0.29, 0.717) is 11.3 Å². The van der Waals surface area contributed by atoms with E-state index in [1.165, 1.54) is 0 Å². The summed E-state index contributed by atoms with van der Waals surface area (Å²) in [6.45, 7) is 0. The number of ether oxygens (including phenoxy) is 1. The third-order valence-electron chi connectivity index (χ3n) is 5.29. The van der Waals surface area contributed by atoms with Gasteiger partial charge >= 0.3 is 0 Å². The molecule has 0 atom stereocenters. The van der Waals surface area contributed by atoms with E-state index in [2.05, 4.69) is 16.0 Å². The van der Waals surface area contributed by atoms with Gasteiger partial charge in [0, 0.05) is 38.3 Å². The molecule has 158 valence electrons.